The highest BCUT2D eigenvalue weighted by molar-refractivity contribution is 8.26. The fourth-order valence-electron chi connectivity index (χ4n) is 2.50. The molecule has 2 aromatic carbocycles. The van der Waals surface area contributed by atoms with Gasteiger partial charge in [-0.2, -0.15) is 0 Å². The second-order valence-corrected chi connectivity index (χ2v) is 7.57. The number of rotatable bonds is 6. The number of amides is 2. The Kier molecular flexibility index (Phi) is 6.25. The number of thiocarbonyl (C=S) groups is 1. The van der Waals surface area contributed by atoms with Crippen molar-refractivity contribution in [3.8, 4) is 5.75 Å². The number of thioether (sulfide) groups is 1. The molecule has 1 aliphatic heterocycles. The molecule has 3 rings (SSSR count). The Balaban J connectivity index is 1.65. The second-order valence-electron chi connectivity index (χ2n) is 5.89. The molecule has 1 fully saturated rings. The minimum absolute atomic E-state index is 0.0800. The summed E-state index contributed by atoms with van der Waals surface area (Å²) in [5, 5.41) is 13.3. The molecule has 0 unspecified atom stereocenters. The van der Waals surface area contributed by atoms with Crippen LogP contribution in [0, 0.1) is 10.1 Å². The Bertz CT molecular complexity index is 1000. The van der Waals surface area contributed by atoms with Gasteiger partial charge in [0.1, 0.15) is 16.6 Å². The molecule has 0 aliphatic carbocycles. The lowest BCUT2D eigenvalue weighted by Gasteiger charge is -2.14. The Morgan fingerprint density at radius 3 is 2.48 bits per heavy atom. The number of hydrogen-bond acceptors (Lipinski definition) is 7. The minimum atomic E-state index is -0.527. The summed E-state index contributed by atoms with van der Waals surface area (Å²) in [4.78, 5) is 36.7. The third kappa shape index (κ3) is 4.98. The van der Waals surface area contributed by atoms with E-state index >= 15 is 0 Å². The van der Waals surface area contributed by atoms with Crippen molar-refractivity contribution >= 4 is 57.6 Å². The summed E-state index contributed by atoms with van der Waals surface area (Å²) in [6.07, 6.45) is 1.70. The van der Waals surface area contributed by atoms with Gasteiger partial charge in [0.2, 0.25) is 5.91 Å². The normalized spacial score (nSPS) is 14.9. The van der Waals surface area contributed by atoms with Gasteiger partial charge in [-0.1, -0.05) is 36.1 Å². The molecule has 10 heteroatoms. The van der Waals surface area contributed by atoms with Gasteiger partial charge in [0.25, 0.3) is 11.6 Å². The summed E-state index contributed by atoms with van der Waals surface area (Å²) in [5.74, 6) is -0.104. The Hall–Kier alpha value is -3.24. The van der Waals surface area contributed by atoms with E-state index in [1.54, 1.807) is 25.3 Å². The van der Waals surface area contributed by atoms with E-state index in [1.807, 2.05) is 12.1 Å². The van der Waals surface area contributed by atoms with Crippen molar-refractivity contribution in [1.29, 1.82) is 0 Å². The largest absolute Gasteiger partial charge is 0.497 e. The zero-order chi connectivity index (χ0) is 21.0. The molecule has 0 saturated carbocycles. The lowest BCUT2D eigenvalue weighted by atomic mass is 10.2. The number of carbonyl (C=O) groups excluding carboxylic acids is 2. The Morgan fingerprint density at radius 2 is 1.90 bits per heavy atom. The third-order valence-corrected chi connectivity index (χ3v) is 5.33. The highest BCUT2D eigenvalue weighted by atomic mass is 32.2. The highest BCUT2D eigenvalue weighted by Gasteiger charge is 2.33. The molecule has 1 N–H and O–H groups in total. The average molecular weight is 429 g/mol. The van der Waals surface area contributed by atoms with Gasteiger partial charge in [0.15, 0.2) is 0 Å². The van der Waals surface area contributed by atoms with Crippen molar-refractivity contribution in [1.82, 2.24) is 4.90 Å². The number of nitrogens with zero attached hydrogens (tertiary/aromatic N) is 2. The lowest BCUT2D eigenvalue weighted by molar-refractivity contribution is -0.384. The average Bonchev–Trinajstić information content (AvgIpc) is 2.96. The maximum atomic E-state index is 12.6. The van der Waals surface area contributed by atoms with Gasteiger partial charge in [-0.15, -0.1) is 0 Å². The van der Waals surface area contributed by atoms with E-state index in [0.717, 1.165) is 17.3 Å². The van der Waals surface area contributed by atoms with Crippen molar-refractivity contribution in [3.05, 3.63) is 69.1 Å². The maximum Gasteiger partial charge on any atom is 0.269 e. The first-order chi connectivity index (χ1) is 13.9. The molecular formula is C19H15N3O5S2. The highest BCUT2D eigenvalue weighted by Crippen LogP contribution is 2.32. The van der Waals surface area contributed by atoms with Gasteiger partial charge < -0.3 is 10.1 Å². The Labute approximate surface area is 175 Å². The topological polar surface area (TPSA) is 102 Å². The molecule has 2 amide bonds. The molecule has 1 saturated heterocycles. The molecule has 0 atom stereocenters. The molecule has 1 aliphatic rings. The molecule has 8 nitrogen and oxygen atoms in total. The van der Waals surface area contributed by atoms with Crippen LogP contribution in [0.2, 0.25) is 0 Å². The van der Waals surface area contributed by atoms with Crippen LogP contribution in [0.3, 0.4) is 0 Å². The number of methoxy groups -OCH3 is 1. The van der Waals surface area contributed by atoms with Gasteiger partial charge in [-0.25, -0.2) is 0 Å². The molecule has 148 valence electrons. The molecule has 0 spiro atoms. The quantitative estimate of drug-likeness (QED) is 0.325. The van der Waals surface area contributed by atoms with Crippen LogP contribution in [0.5, 0.6) is 5.75 Å². The van der Waals surface area contributed by atoms with Crippen molar-refractivity contribution in [3.63, 3.8) is 0 Å². The number of nitro benzene ring substituents is 1. The first kappa shape index (κ1) is 20.5. The summed E-state index contributed by atoms with van der Waals surface area (Å²) >= 11 is 6.35. The van der Waals surface area contributed by atoms with E-state index < -0.39 is 10.8 Å². The number of benzene rings is 2. The van der Waals surface area contributed by atoms with Gasteiger partial charge >= 0.3 is 0 Å². The van der Waals surface area contributed by atoms with Crippen molar-refractivity contribution in [2.45, 2.75) is 0 Å². The SMILES string of the molecule is COc1ccc(/C=C2\SC(=S)N(CC(=O)Nc3ccc([N+](=O)[O-])cc3)C2=O)cc1. The summed E-state index contributed by atoms with van der Waals surface area (Å²) < 4.78 is 5.39. The zero-order valence-electron chi connectivity index (χ0n) is 15.2. The molecular weight excluding hydrogens is 414 g/mol. The van der Waals surface area contributed by atoms with Gasteiger partial charge in [-0.3, -0.25) is 24.6 Å². The molecule has 29 heavy (non-hydrogen) atoms. The standard InChI is InChI=1S/C19H15N3O5S2/c1-27-15-8-2-12(3-9-15)10-16-18(24)21(19(28)29-16)11-17(23)20-13-4-6-14(7-5-13)22(25)26/h2-10H,11H2,1H3,(H,20,23)/b16-10-. The molecule has 1 heterocycles. The van der Waals surface area contributed by atoms with Gasteiger partial charge in [0.05, 0.1) is 16.9 Å². The van der Waals surface area contributed by atoms with Gasteiger partial charge in [0, 0.05) is 17.8 Å². The summed E-state index contributed by atoms with van der Waals surface area (Å²) in [5.41, 5.74) is 1.12. The van der Waals surface area contributed by atoms with E-state index in [1.165, 1.54) is 29.2 Å². The zero-order valence-corrected chi connectivity index (χ0v) is 16.8. The molecule has 0 aromatic heterocycles. The molecule has 0 bridgehead atoms. The van der Waals surface area contributed by atoms with Crippen molar-refractivity contribution < 1.29 is 19.2 Å². The van der Waals surface area contributed by atoms with Crippen LogP contribution in [0.1, 0.15) is 5.56 Å². The second kappa shape index (κ2) is 8.84. The number of ether oxygens (including phenoxy) is 1. The van der Waals surface area contributed by atoms with Crippen LogP contribution < -0.4 is 10.1 Å². The van der Waals surface area contributed by atoms with Crippen molar-refractivity contribution in [2.75, 3.05) is 19.0 Å². The first-order valence-electron chi connectivity index (χ1n) is 8.31. The fraction of sp³-hybridized carbons (Fsp3) is 0.105. The Morgan fingerprint density at radius 1 is 1.24 bits per heavy atom. The number of non-ortho nitro benzene ring substituents is 1. The number of hydrogen-bond donors (Lipinski definition) is 1. The van der Waals surface area contributed by atoms with E-state index in [9.17, 15) is 19.7 Å². The summed E-state index contributed by atoms with van der Waals surface area (Å²) in [6, 6.07) is 12.6. The summed E-state index contributed by atoms with van der Waals surface area (Å²) in [6.45, 7) is -0.248. The fourth-order valence-corrected chi connectivity index (χ4v) is 3.75. The van der Waals surface area contributed by atoms with E-state index in [-0.39, 0.29) is 22.5 Å². The predicted molar refractivity (Wildman–Crippen MR) is 115 cm³/mol. The smallest absolute Gasteiger partial charge is 0.269 e. The van der Waals surface area contributed by atoms with E-state index in [2.05, 4.69) is 5.32 Å². The van der Waals surface area contributed by atoms with Crippen LogP contribution in [0.25, 0.3) is 6.08 Å². The number of carbonyl (C=O) groups is 2. The van der Waals surface area contributed by atoms with E-state index in [4.69, 9.17) is 17.0 Å². The van der Waals surface area contributed by atoms with Crippen LogP contribution in [-0.4, -0.2) is 39.6 Å². The first-order valence-corrected chi connectivity index (χ1v) is 9.53. The van der Waals surface area contributed by atoms with Crippen molar-refractivity contribution in [2.24, 2.45) is 0 Å². The van der Waals surface area contributed by atoms with Crippen LogP contribution in [-0.2, 0) is 9.59 Å². The van der Waals surface area contributed by atoms with Crippen LogP contribution in [0.15, 0.2) is 53.4 Å². The number of anilines is 1. The number of nitrogens with one attached hydrogen (secondary N) is 1. The summed E-state index contributed by atoms with van der Waals surface area (Å²) in [7, 11) is 1.57. The number of nitro groups is 1. The molecule has 2 aromatic rings. The van der Waals surface area contributed by atoms with Crippen LogP contribution in [0.4, 0.5) is 11.4 Å². The van der Waals surface area contributed by atoms with E-state index in [0.29, 0.717) is 16.3 Å². The molecule has 0 radical (unpaired) electrons. The van der Waals surface area contributed by atoms with Gasteiger partial charge in [-0.05, 0) is 35.9 Å². The third-order valence-electron chi connectivity index (χ3n) is 3.95. The minimum Gasteiger partial charge on any atom is -0.497 e. The monoisotopic (exact) mass is 429 g/mol. The van der Waals surface area contributed by atoms with Crippen LogP contribution >= 0.6 is 24.0 Å². The lowest BCUT2D eigenvalue weighted by Crippen LogP contribution is -2.36. The predicted octanol–water partition coefficient (Wildman–Crippen LogP) is 3.44. The maximum absolute atomic E-state index is 12.6.